The van der Waals surface area contributed by atoms with Gasteiger partial charge in [0.1, 0.15) is 0 Å². The lowest BCUT2D eigenvalue weighted by atomic mass is 10.00. The Morgan fingerprint density at radius 3 is 2.62 bits per heavy atom. The van der Waals surface area contributed by atoms with Crippen molar-refractivity contribution in [2.75, 3.05) is 13.7 Å². The molecule has 6 heteroatoms. The maximum Gasteiger partial charge on any atom is 0.219 e. The van der Waals surface area contributed by atoms with Crippen LogP contribution in [0.25, 0.3) is 0 Å². The number of nitrogens with one attached hydrogen (secondary N) is 1. The van der Waals surface area contributed by atoms with E-state index in [1.807, 2.05) is 32.9 Å². The Labute approximate surface area is 134 Å². The predicted octanol–water partition coefficient (Wildman–Crippen LogP) is 2.60. The number of hydrogen-bond acceptors (Lipinski definition) is 4. The van der Waals surface area contributed by atoms with Gasteiger partial charge in [-0.15, -0.1) is 0 Å². The second kappa shape index (κ2) is 7.66. The topological polar surface area (TPSA) is 73.6 Å². The van der Waals surface area contributed by atoms with Gasteiger partial charge in [0, 0.05) is 18.5 Å². The van der Waals surface area contributed by atoms with Gasteiger partial charge in [0.25, 0.3) is 0 Å². The van der Waals surface area contributed by atoms with Crippen molar-refractivity contribution in [2.24, 2.45) is 5.73 Å². The van der Waals surface area contributed by atoms with Crippen molar-refractivity contribution in [2.45, 2.75) is 39.3 Å². The largest absolute Gasteiger partial charge is 0.493 e. The van der Waals surface area contributed by atoms with Crippen LogP contribution < -0.4 is 20.5 Å². The molecule has 0 aliphatic heterocycles. The summed E-state index contributed by atoms with van der Waals surface area (Å²) >= 11 is 3.49. The number of carbonyl (C=O) groups is 1. The lowest BCUT2D eigenvalue weighted by Gasteiger charge is -2.25. The number of primary amides is 1. The molecule has 21 heavy (non-hydrogen) atoms. The molecule has 0 aliphatic rings. The van der Waals surface area contributed by atoms with Crippen molar-refractivity contribution in [3.63, 3.8) is 0 Å². The van der Waals surface area contributed by atoms with Gasteiger partial charge in [0.15, 0.2) is 11.5 Å². The molecule has 5 nitrogen and oxygen atoms in total. The van der Waals surface area contributed by atoms with Crippen LogP contribution in [0.5, 0.6) is 11.5 Å². The summed E-state index contributed by atoms with van der Waals surface area (Å²) < 4.78 is 11.8. The fourth-order valence-corrected chi connectivity index (χ4v) is 2.60. The summed E-state index contributed by atoms with van der Waals surface area (Å²) in [5, 5.41) is 3.32. The van der Waals surface area contributed by atoms with Crippen LogP contribution in [0.2, 0.25) is 0 Å². The summed E-state index contributed by atoms with van der Waals surface area (Å²) in [7, 11) is 1.61. The summed E-state index contributed by atoms with van der Waals surface area (Å²) in [5.41, 5.74) is 5.92. The Kier molecular flexibility index (Phi) is 6.48. The molecule has 1 amide bonds. The van der Waals surface area contributed by atoms with Crippen LogP contribution in [0.15, 0.2) is 16.6 Å². The molecule has 0 bridgehead atoms. The molecule has 1 aromatic rings. The van der Waals surface area contributed by atoms with E-state index in [1.165, 1.54) is 0 Å². The number of halogens is 1. The summed E-state index contributed by atoms with van der Waals surface area (Å²) in [6.07, 6.45) is 0.280. The van der Waals surface area contributed by atoms with E-state index in [1.54, 1.807) is 7.11 Å². The fourth-order valence-electron chi connectivity index (χ4n) is 2.00. The maximum atomic E-state index is 11.0. The zero-order valence-electron chi connectivity index (χ0n) is 13.0. The zero-order chi connectivity index (χ0) is 16.0. The van der Waals surface area contributed by atoms with E-state index in [0.29, 0.717) is 24.7 Å². The number of hydrogen-bond donors (Lipinski definition) is 2. The highest BCUT2D eigenvalue weighted by atomic mass is 79.9. The molecule has 0 spiro atoms. The number of ether oxygens (including phenoxy) is 2. The number of carbonyl (C=O) groups excluding carboxylic acids is 1. The molecule has 0 saturated carbocycles. The van der Waals surface area contributed by atoms with Crippen molar-refractivity contribution in [1.29, 1.82) is 0 Å². The molecular formula is C15H23BrN2O3. The highest BCUT2D eigenvalue weighted by Crippen LogP contribution is 2.36. The minimum absolute atomic E-state index is 0.280. The van der Waals surface area contributed by atoms with Crippen LogP contribution in [-0.2, 0) is 11.3 Å². The van der Waals surface area contributed by atoms with E-state index in [0.717, 1.165) is 10.0 Å². The third-order valence-electron chi connectivity index (χ3n) is 2.97. The standard InChI is InChI=1S/C15H23BrN2O3/c1-5-21-14-11(16)6-10(7-12(14)20-4)9-18-15(2,3)8-13(17)19/h6-7,18H,5,8-9H2,1-4H3,(H2,17,19). The highest BCUT2D eigenvalue weighted by molar-refractivity contribution is 9.10. The molecule has 0 fully saturated rings. The summed E-state index contributed by atoms with van der Waals surface area (Å²) in [6, 6.07) is 3.89. The van der Waals surface area contributed by atoms with Crippen LogP contribution in [-0.4, -0.2) is 25.2 Å². The molecule has 0 aromatic heterocycles. The minimum Gasteiger partial charge on any atom is -0.493 e. The van der Waals surface area contributed by atoms with Crippen molar-refractivity contribution in [3.05, 3.63) is 22.2 Å². The predicted molar refractivity (Wildman–Crippen MR) is 86.6 cm³/mol. The first-order valence-electron chi connectivity index (χ1n) is 6.81. The molecular weight excluding hydrogens is 336 g/mol. The van der Waals surface area contributed by atoms with E-state index < -0.39 is 0 Å². The Morgan fingerprint density at radius 2 is 2.10 bits per heavy atom. The minimum atomic E-state index is -0.357. The van der Waals surface area contributed by atoms with E-state index in [2.05, 4.69) is 21.2 Å². The average molecular weight is 359 g/mol. The molecule has 1 aromatic carbocycles. The van der Waals surface area contributed by atoms with Crippen LogP contribution in [0.1, 0.15) is 32.8 Å². The first kappa shape index (κ1) is 17.8. The Bertz CT molecular complexity index is 504. The SMILES string of the molecule is CCOc1c(Br)cc(CNC(C)(C)CC(N)=O)cc1OC. The summed E-state index contributed by atoms with van der Waals surface area (Å²) in [6.45, 7) is 6.98. The molecule has 0 saturated heterocycles. The van der Waals surface area contributed by atoms with Crippen molar-refractivity contribution < 1.29 is 14.3 Å². The molecule has 118 valence electrons. The van der Waals surface area contributed by atoms with Gasteiger partial charge in [-0.1, -0.05) is 0 Å². The third-order valence-corrected chi connectivity index (χ3v) is 3.55. The van der Waals surface area contributed by atoms with Gasteiger partial charge in [0.05, 0.1) is 18.2 Å². The van der Waals surface area contributed by atoms with E-state index in [9.17, 15) is 4.79 Å². The van der Waals surface area contributed by atoms with Crippen LogP contribution >= 0.6 is 15.9 Å². The second-order valence-electron chi connectivity index (χ2n) is 5.42. The first-order chi connectivity index (χ1) is 9.79. The molecule has 0 radical (unpaired) electrons. The molecule has 0 heterocycles. The quantitative estimate of drug-likeness (QED) is 0.748. The van der Waals surface area contributed by atoms with Gasteiger partial charge < -0.3 is 20.5 Å². The van der Waals surface area contributed by atoms with Crippen LogP contribution in [0.4, 0.5) is 0 Å². The second-order valence-corrected chi connectivity index (χ2v) is 6.28. The lowest BCUT2D eigenvalue weighted by Crippen LogP contribution is -2.42. The fraction of sp³-hybridized carbons (Fsp3) is 0.533. The zero-order valence-corrected chi connectivity index (χ0v) is 14.5. The number of methoxy groups -OCH3 is 1. The van der Waals surface area contributed by atoms with Gasteiger partial charge >= 0.3 is 0 Å². The van der Waals surface area contributed by atoms with Gasteiger partial charge in [-0.2, -0.15) is 0 Å². The van der Waals surface area contributed by atoms with Gasteiger partial charge in [-0.3, -0.25) is 4.79 Å². The van der Waals surface area contributed by atoms with Gasteiger partial charge in [-0.25, -0.2) is 0 Å². The molecule has 3 N–H and O–H groups in total. The molecule has 1 rings (SSSR count). The summed E-state index contributed by atoms with van der Waals surface area (Å²) in [4.78, 5) is 11.0. The van der Waals surface area contributed by atoms with Crippen molar-refractivity contribution >= 4 is 21.8 Å². The van der Waals surface area contributed by atoms with Gasteiger partial charge in [0.2, 0.25) is 5.91 Å². The van der Waals surface area contributed by atoms with Crippen LogP contribution in [0.3, 0.4) is 0 Å². The monoisotopic (exact) mass is 358 g/mol. The van der Waals surface area contributed by atoms with Crippen molar-refractivity contribution in [1.82, 2.24) is 5.32 Å². The van der Waals surface area contributed by atoms with Crippen LogP contribution in [0, 0.1) is 0 Å². The summed E-state index contributed by atoms with van der Waals surface area (Å²) in [5.74, 6) is 1.05. The number of amides is 1. The number of nitrogens with two attached hydrogens (primary N) is 1. The van der Waals surface area contributed by atoms with Crippen molar-refractivity contribution in [3.8, 4) is 11.5 Å². The Balaban J connectivity index is 2.85. The van der Waals surface area contributed by atoms with Gasteiger partial charge in [-0.05, 0) is 54.4 Å². The molecule has 0 unspecified atom stereocenters. The lowest BCUT2D eigenvalue weighted by molar-refractivity contribution is -0.119. The Morgan fingerprint density at radius 1 is 1.43 bits per heavy atom. The number of benzene rings is 1. The van der Waals surface area contributed by atoms with E-state index in [-0.39, 0.29) is 17.9 Å². The third kappa shape index (κ3) is 5.55. The number of rotatable bonds is 8. The normalized spacial score (nSPS) is 11.3. The Hall–Kier alpha value is -1.27. The smallest absolute Gasteiger partial charge is 0.219 e. The highest BCUT2D eigenvalue weighted by Gasteiger charge is 2.20. The average Bonchev–Trinajstić information content (AvgIpc) is 2.37. The molecule has 0 aliphatic carbocycles. The molecule has 0 atom stereocenters. The van der Waals surface area contributed by atoms with E-state index in [4.69, 9.17) is 15.2 Å². The first-order valence-corrected chi connectivity index (χ1v) is 7.61. The van der Waals surface area contributed by atoms with E-state index >= 15 is 0 Å². The maximum absolute atomic E-state index is 11.0.